The Bertz CT molecular complexity index is 978. The van der Waals surface area contributed by atoms with Crippen molar-refractivity contribution in [3.8, 4) is 0 Å². The molecular weight excluding hydrogens is 318 g/mol. The van der Waals surface area contributed by atoms with Gasteiger partial charge in [-0.25, -0.2) is 9.97 Å². The molecule has 0 amide bonds. The largest absolute Gasteiger partial charge is 0.381 e. The van der Waals surface area contributed by atoms with Crippen LogP contribution in [0.5, 0.6) is 0 Å². The molecule has 0 radical (unpaired) electrons. The molecular formula is C17H17N7O. The minimum absolute atomic E-state index is 0.391. The van der Waals surface area contributed by atoms with E-state index in [1.807, 2.05) is 35.3 Å². The van der Waals surface area contributed by atoms with E-state index in [-0.39, 0.29) is 0 Å². The number of fused-ring (bicyclic) bond motifs is 1. The van der Waals surface area contributed by atoms with Crippen LogP contribution in [0.15, 0.2) is 36.8 Å². The van der Waals surface area contributed by atoms with E-state index in [9.17, 15) is 0 Å². The Morgan fingerprint density at radius 3 is 2.88 bits per heavy atom. The van der Waals surface area contributed by atoms with Gasteiger partial charge in [-0.1, -0.05) is 18.2 Å². The fourth-order valence-corrected chi connectivity index (χ4v) is 3.09. The lowest BCUT2D eigenvalue weighted by atomic mass is 10.1. The highest BCUT2D eigenvalue weighted by Gasteiger charge is 2.18. The molecule has 25 heavy (non-hydrogen) atoms. The normalized spacial score (nSPS) is 17.5. The Morgan fingerprint density at radius 2 is 2.08 bits per heavy atom. The molecule has 3 aromatic rings. The third-order valence-electron chi connectivity index (χ3n) is 4.54. The Morgan fingerprint density at radius 1 is 1.20 bits per heavy atom. The van der Waals surface area contributed by atoms with E-state index in [0.29, 0.717) is 17.7 Å². The lowest BCUT2D eigenvalue weighted by molar-refractivity contribution is 0.0662. The summed E-state index contributed by atoms with van der Waals surface area (Å²) in [5.74, 6) is 1.39. The number of nitrogens with zero attached hydrogens (tertiary/aromatic N) is 5. The van der Waals surface area contributed by atoms with Crippen LogP contribution in [0.2, 0.25) is 0 Å². The molecule has 3 aromatic heterocycles. The van der Waals surface area contributed by atoms with Crippen molar-refractivity contribution in [2.75, 3.05) is 18.5 Å². The van der Waals surface area contributed by atoms with E-state index in [1.165, 1.54) is 0 Å². The van der Waals surface area contributed by atoms with Gasteiger partial charge in [-0.3, -0.25) is 9.78 Å². The second-order valence-electron chi connectivity index (χ2n) is 6.18. The van der Waals surface area contributed by atoms with Gasteiger partial charge < -0.3 is 10.1 Å². The van der Waals surface area contributed by atoms with Gasteiger partial charge in [0.2, 0.25) is 0 Å². The molecule has 0 unspecified atom stereocenters. The van der Waals surface area contributed by atoms with Crippen molar-refractivity contribution in [2.24, 2.45) is 0 Å². The number of rotatable bonds is 4. The third-order valence-corrected chi connectivity index (χ3v) is 4.54. The van der Waals surface area contributed by atoms with Crippen LogP contribution in [0.25, 0.3) is 16.6 Å². The topological polar surface area (TPSA) is 93.5 Å². The minimum atomic E-state index is 0.391. The summed E-state index contributed by atoms with van der Waals surface area (Å²) in [4.78, 5) is 9.18. The van der Waals surface area contributed by atoms with Gasteiger partial charge in [0.25, 0.3) is 0 Å². The van der Waals surface area contributed by atoms with Crippen molar-refractivity contribution in [1.82, 2.24) is 29.9 Å². The van der Waals surface area contributed by atoms with E-state index in [0.717, 1.165) is 48.3 Å². The van der Waals surface area contributed by atoms with Crippen molar-refractivity contribution < 1.29 is 4.74 Å². The van der Waals surface area contributed by atoms with Crippen molar-refractivity contribution in [3.05, 3.63) is 42.6 Å². The highest BCUT2D eigenvalue weighted by Crippen LogP contribution is 2.27. The maximum Gasteiger partial charge on any atom is 0.162 e. The molecule has 8 nitrogen and oxygen atoms in total. The molecule has 0 bridgehead atoms. The van der Waals surface area contributed by atoms with Crippen molar-refractivity contribution in [1.29, 1.82) is 0 Å². The molecule has 0 aromatic carbocycles. The molecule has 5 rings (SSSR count). The lowest BCUT2D eigenvalue weighted by Gasteiger charge is -2.22. The molecule has 8 heteroatoms. The fourth-order valence-electron chi connectivity index (χ4n) is 3.09. The molecule has 1 fully saturated rings. The summed E-state index contributed by atoms with van der Waals surface area (Å²) in [5.41, 5.74) is 3.48. The van der Waals surface area contributed by atoms with Gasteiger partial charge in [0, 0.05) is 25.0 Å². The number of anilines is 2. The zero-order valence-electron chi connectivity index (χ0n) is 13.5. The molecule has 126 valence electrons. The maximum atomic E-state index is 5.42. The monoisotopic (exact) mass is 335 g/mol. The first-order valence-corrected chi connectivity index (χ1v) is 8.35. The second-order valence-corrected chi connectivity index (χ2v) is 6.18. The molecule has 4 heterocycles. The van der Waals surface area contributed by atoms with Gasteiger partial charge in [-0.05, 0) is 12.8 Å². The lowest BCUT2D eigenvalue weighted by Crippen LogP contribution is -2.19. The molecule has 2 aliphatic rings. The summed E-state index contributed by atoms with van der Waals surface area (Å²) in [5, 5.41) is 14.9. The van der Waals surface area contributed by atoms with Crippen LogP contribution < -0.4 is 5.32 Å². The number of aromatic amines is 1. The molecule has 1 aliphatic heterocycles. The number of H-pyrrole nitrogens is 1. The van der Waals surface area contributed by atoms with Gasteiger partial charge in [-0.2, -0.15) is 10.2 Å². The summed E-state index contributed by atoms with van der Waals surface area (Å²) >= 11 is 0. The zero-order chi connectivity index (χ0) is 16.6. The molecule has 2 N–H and O–H groups in total. The van der Waals surface area contributed by atoms with Crippen molar-refractivity contribution in [3.63, 3.8) is 0 Å². The maximum absolute atomic E-state index is 5.42. The molecule has 0 spiro atoms. The Kier molecular flexibility index (Phi) is 3.34. The van der Waals surface area contributed by atoms with Crippen LogP contribution in [0, 0.1) is 0 Å². The number of hydrogen-bond acceptors (Lipinski definition) is 6. The summed E-state index contributed by atoms with van der Waals surface area (Å²) in [7, 11) is 0. The Hall–Kier alpha value is -3.00. The van der Waals surface area contributed by atoms with E-state index < -0.39 is 0 Å². The van der Waals surface area contributed by atoms with Crippen LogP contribution in [0.3, 0.4) is 0 Å². The van der Waals surface area contributed by atoms with Crippen LogP contribution in [0.1, 0.15) is 24.7 Å². The quantitative estimate of drug-likeness (QED) is 0.761. The first-order chi connectivity index (χ1) is 12.4. The van der Waals surface area contributed by atoms with Crippen LogP contribution in [-0.2, 0) is 4.74 Å². The number of allylic oxidation sites excluding steroid dienone is 4. The van der Waals surface area contributed by atoms with Gasteiger partial charge in [-0.15, -0.1) is 0 Å². The van der Waals surface area contributed by atoms with E-state index in [1.54, 1.807) is 6.20 Å². The average Bonchev–Trinajstić information content (AvgIpc) is 3.23. The molecule has 1 saturated heterocycles. The van der Waals surface area contributed by atoms with Gasteiger partial charge >= 0.3 is 0 Å². The zero-order valence-corrected chi connectivity index (χ0v) is 13.5. The molecule has 0 saturated carbocycles. The molecule has 0 atom stereocenters. The van der Waals surface area contributed by atoms with E-state index >= 15 is 0 Å². The predicted octanol–water partition coefficient (Wildman–Crippen LogP) is 2.60. The summed E-state index contributed by atoms with van der Waals surface area (Å²) in [6, 6.07) is 0.391. The first kappa shape index (κ1) is 14.4. The number of hydrogen-bond donors (Lipinski definition) is 2. The Labute approximate surface area is 143 Å². The Balaban J connectivity index is 1.45. The standard InChI is InChI=1S/C17H17N7O/c1-2-11(3-1)16-21-14-9-18-23-15(14)17(22-16)20-12-8-19-24(10-12)13-4-6-25-7-5-13/h1-3,8-10,13H,4-7H2,(H,18,23)(H,20,21,22). The van der Waals surface area contributed by atoms with E-state index in [4.69, 9.17) is 4.74 Å². The second kappa shape index (κ2) is 5.82. The van der Waals surface area contributed by atoms with Gasteiger partial charge in [0.1, 0.15) is 11.0 Å². The van der Waals surface area contributed by atoms with Gasteiger partial charge in [0.15, 0.2) is 11.6 Å². The number of aromatic nitrogens is 6. The highest BCUT2D eigenvalue weighted by atomic mass is 16.5. The summed E-state index contributed by atoms with van der Waals surface area (Å²) in [6.45, 7) is 1.58. The van der Waals surface area contributed by atoms with Crippen LogP contribution in [-0.4, -0.2) is 43.2 Å². The summed E-state index contributed by atoms with van der Waals surface area (Å²) < 4.78 is 7.43. The molecule has 1 aliphatic carbocycles. The first-order valence-electron chi connectivity index (χ1n) is 8.35. The van der Waals surface area contributed by atoms with Crippen molar-refractivity contribution in [2.45, 2.75) is 18.9 Å². The summed E-state index contributed by atoms with van der Waals surface area (Å²) in [6.07, 6.45) is 13.5. The smallest absolute Gasteiger partial charge is 0.162 e. The fraction of sp³-hybridized carbons (Fsp3) is 0.294. The van der Waals surface area contributed by atoms with Crippen LogP contribution in [0.4, 0.5) is 11.5 Å². The van der Waals surface area contributed by atoms with Crippen molar-refractivity contribution >= 4 is 28.1 Å². The third kappa shape index (κ3) is 2.60. The van der Waals surface area contributed by atoms with E-state index in [2.05, 4.69) is 30.6 Å². The van der Waals surface area contributed by atoms with Crippen LogP contribution >= 0.6 is 0 Å². The minimum Gasteiger partial charge on any atom is -0.381 e. The average molecular weight is 335 g/mol. The predicted molar refractivity (Wildman–Crippen MR) is 93.4 cm³/mol. The number of ether oxygens (including phenoxy) is 1. The van der Waals surface area contributed by atoms with Gasteiger partial charge in [0.05, 0.1) is 24.1 Å². The SMILES string of the molecule is C1=CC(c2nc(Nc3cnn(C4CCOCC4)c3)c3[nH]ncc3n2)=C1. The highest BCUT2D eigenvalue weighted by molar-refractivity contribution is 5.89. The number of nitrogens with one attached hydrogen (secondary N) is 2.